The van der Waals surface area contributed by atoms with Gasteiger partial charge in [-0.3, -0.25) is 0 Å². The lowest BCUT2D eigenvalue weighted by Crippen LogP contribution is -2.33. The van der Waals surface area contributed by atoms with Crippen LogP contribution in [-0.2, 0) is 27.8 Å². The molecule has 0 fully saturated rings. The SMILES string of the molecule is CCN(CCOC)S(=O)(=O)c1cc(CNC)n(CC)c1. The van der Waals surface area contributed by atoms with Crippen LogP contribution in [0.5, 0.6) is 0 Å². The van der Waals surface area contributed by atoms with Crippen molar-refractivity contribution in [2.24, 2.45) is 0 Å². The van der Waals surface area contributed by atoms with Gasteiger partial charge in [0, 0.05) is 45.2 Å². The smallest absolute Gasteiger partial charge is 0.244 e. The molecule has 0 spiro atoms. The average Bonchev–Trinajstić information content (AvgIpc) is 2.83. The number of nitrogens with one attached hydrogen (secondary N) is 1. The maximum Gasteiger partial charge on any atom is 0.244 e. The van der Waals surface area contributed by atoms with Gasteiger partial charge in [0.1, 0.15) is 4.90 Å². The van der Waals surface area contributed by atoms with E-state index in [1.807, 2.05) is 25.5 Å². The summed E-state index contributed by atoms with van der Waals surface area (Å²) in [6, 6.07) is 1.74. The lowest BCUT2D eigenvalue weighted by atomic mass is 10.4. The van der Waals surface area contributed by atoms with Crippen molar-refractivity contribution in [3.63, 3.8) is 0 Å². The third-order valence-corrected chi connectivity index (χ3v) is 5.13. The summed E-state index contributed by atoms with van der Waals surface area (Å²) in [4.78, 5) is 0.350. The molecule has 0 amide bonds. The Kier molecular flexibility index (Phi) is 6.67. The topological polar surface area (TPSA) is 63.6 Å². The van der Waals surface area contributed by atoms with Crippen LogP contribution in [0, 0.1) is 0 Å². The van der Waals surface area contributed by atoms with Gasteiger partial charge in [-0.05, 0) is 20.0 Å². The maximum absolute atomic E-state index is 12.6. The highest BCUT2D eigenvalue weighted by Crippen LogP contribution is 2.19. The normalized spacial score (nSPS) is 12.2. The molecule has 6 nitrogen and oxygen atoms in total. The highest BCUT2D eigenvalue weighted by molar-refractivity contribution is 7.89. The van der Waals surface area contributed by atoms with E-state index in [4.69, 9.17) is 4.74 Å². The molecule has 20 heavy (non-hydrogen) atoms. The van der Waals surface area contributed by atoms with Gasteiger partial charge in [0.15, 0.2) is 0 Å². The van der Waals surface area contributed by atoms with Crippen molar-refractivity contribution in [2.75, 3.05) is 33.9 Å². The molecule has 1 aromatic rings. The number of methoxy groups -OCH3 is 1. The Morgan fingerprint density at radius 2 is 2.10 bits per heavy atom. The second kappa shape index (κ2) is 7.78. The number of nitrogens with zero attached hydrogens (tertiary/aromatic N) is 2. The van der Waals surface area contributed by atoms with Crippen molar-refractivity contribution in [3.05, 3.63) is 18.0 Å². The molecule has 0 saturated heterocycles. The summed E-state index contributed by atoms with van der Waals surface area (Å²) in [7, 11) is -0.0349. The molecular formula is C13H25N3O3S. The van der Waals surface area contributed by atoms with Crippen LogP contribution in [0.15, 0.2) is 17.2 Å². The summed E-state index contributed by atoms with van der Waals surface area (Å²) >= 11 is 0. The number of ether oxygens (including phenoxy) is 1. The predicted octanol–water partition coefficient (Wildman–Crippen LogP) is 0.884. The van der Waals surface area contributed by atoms with Crippen molar-refractivity contribution in [3.8, 4) is 0 Å². The van der Waals surface area contributed by atoms with Gasteiger partial charge in [-0.1, -0.05) is 6.92 Å². The third kappa shape index (κ3) is 3.82. The van der Waals surface area contributed by atoms with E-state index in [2.05, 4.69) is 5.32 Å². The van der Waals surface area contributed by atoms with E-state index in [-0.39, 0.29) is 0 Å². The van der Waals surface area contributed by atoms with Crippen molar-refractivity contribution in [2.45, 2.75) is 31.8 Å². The predicted molar refractivity (Wildman–Crippen MR) is 79.2 cm³/mol. The van der Waals surface area contributed by atoms with Gasteiger partial charge in [-0.2, -0.15) is 4.31 Å². The Morgan fingerprint density at radius 1 is 1.40 bits per heavy atom. The minimum absolute atomic E-state index is 0.350. The number of hydrogen-bond donors (Lipinski definition) is 1. The van der Waals surface area contributed by atoms with Gasteiger partial charge in [-0.15, -0.1) is 0 Å². The van der Waals surface area contributed by atoms with Gasteiger partial charge in [0.2, 0.25) is 10.0 Å². The molecule has 0 aliphatic rings. The van der Waals surface area contributed by atoms with Gasteiger partial charge in [-0.25, -0.2) is 8.42 Å². The first-order chi connectivity index (χ1) is 9.51. The molecule has 1 N–H and O–H groups in total. The molecular weight excluding hydrogens is 278 g/mol. The molecule has 116 valence electrons. The molecule has 0 aliphatic carbocycles. The zero-order valence-electron chi connectivity index (χ0n) is 12.7. The number of sulfonamides is 1. The quantitative estimate of drug-likeness (QED) is 0.736. The van der Waals surface area contributed by atoms with E-state index in [9.17, 15) is 8.42 Å². The summed E-state index contributed by atoms with van der Waals surface area (Å²) in [5.74, 6) is 0. The van der Waals surface area contributed by atoms with Crippen molar-refractivity contribution in [1.82, 2.24) is 14.2 Å². The van der Waals surface area contributed by atoms with Crippen molar-refractivity contribution in [1.29, 1.82) is 0 Å². The van der Waals surface area contributed by atoms with E-state index >= 15 is 0 Å². The Balaban J connectivity index is 3.07. The molecule has 0 aliphatic heterocycles. The van der Waals surface area contributed by atoms with Crippen LogP contribution < -0.4 is 5.32 Å². The Labute approximate surface area is 121 Å². The molecule has 0 aromatic carbocycles. The number of rotatable bonds is 9. The standard InChI is InChI=1S/C13H25N3O3S/c1-5-15-11-13(9-12(15)10-14-3)20(17,18)16(6-2)7-8-19-4/h9,11,14H,5-8,10H2,1-4H3. The molecule has 0 atom stereocenters. The van der Waals surface area contributed by atoms with Crippen LogP contribution in [-0.4, -0.2) is 51.1 Å². The zero-order chi connectivity index (χ0) is 15.2. The first-order valence-corrected chi connectivity index (χ1v) is 8.27. The Bertz CT molecular complexity index is 511. The van der Waals surface area contributed by atoms with Crippen LogP contribution in [0.25, 0.3) is 0 Å². The molecule has 1 heterocycles. The highest BCUT2D eigenvalue weighted by atomic mass is 32.2. The van der Waals surface area contributed by atoms with Crippen molar-refractivity contribution >= 4 is 10.0 Å². The summed E-state index contributed by atoms with van der Waals surface area (Å²) in [6.07, 6.45) is 1.71. The van der Waals surface area contributed by atoms with Crippen LogP contribution in [0.1, 0.15) is 19.5 Å². The highest BCUT2D eigenvalue weighted by Gasteiger charge is 2.24. The first-order valence-electron chi connectivity index (χ1n) is 6.83. The molecule has 7 heteroatoms. The van der Waals surface area contributed by atoms with Crippen molar-refractivity contribution < 1.29 is 13.2 Å². The fourth-order valence-corrected chi connectivity index (χ4v) is 3.58. The fourth-order valence-electron chi connectivity index (χ4n) is 2.08. The van der Waals surface area contributed by atoms with E-state index < -0.39 is 10.0 Å². The molecule has 0 bridgehead atoms. The fraction of sp³-hybridized carbons (Fsp3) is 0.692. The van der Waals surface area contributed by atoms with E-state index in [0.717, 1.165) is 12.2 Å². The monoisotopic (exact) mass is 303 g/mol. The largest absolute Gasteiger partial charge is 0.383 e. The van der Waals surface area contributed by atoms with Gasteiger partial charge >= 0.3 is 0 Å². The maximum atomic E-state index is 12.6. The van der Waals surface area contributed by atoms with Crippen LogP contribution >= 0.6 is 0 Å². The van der Waals surface area contributed by atoms with Gasteiger partial charge < -0.3 is 14.6 Å². The number of likely N-dealkylation sites (N-methyl/N-ethyl adjacent to an activating group) is 1. The summed E-state index contributed by atoms with van der Waals surface area (Å²) < 4.78 is 33.5. The van der Waals surface area contributed by atoms with E-state index in [0.29, 0.717) is 31.1 Å². The number of aromatic nitrogens is 1. The average molecular weight is 303 g/mol. The van der Waals surface area contributed by atoms with Crippen LogP contribution in [0.3, 0.4) is 0 Å². The lowest BCUT2D eigenvalue weighted by Gasteiger charge is -2.19. The Morgan fingerprint density at radius 3 is 2.60 bits per heavy atom. The minimum atomic E-state index is -3.45. The second-order valence-electron chi connectivity index (χ2n) is 4.47. The lowest BCUT2D eigenvalue weighted by molar-refractivity contribution is 0.180. The Hall–Kier alpha value is -0.890. The summed E-state index contributed by atoms with van der Waals surface area (Å²) in [6.45, 7) is 6.42. The van der Waals surface area contributed by atoms with Gasteiger partial charge in [0.05, 0.1) is 6.61 Å². The van der Waals surface area contributed by atoms with E-state index in [1.165, 1.54) is 4.31 Å². The van der Waals surface area contributed by atoms with Crippen LogP contribution in [0.2, 0.25) is 0 Å². The zero-order valence-corrected chi connectivity index (χ0v) is 13.5. The first kappa shape index (κ1) is 17.2. The molecule has 0 radical (unpaired) electrons. The number of aryl methyl sites for hydroxylation is 1. The van der Waals surface area contributed by atoms with Crippen LogP contribution in [0.4, 0.5) is 0 Å². The minimum Gasteiger partial charge on any atom is -0.383 e. The summed E-state index contributed by atoms with van der Waals surface area (Å²) in [5.41, 5.74) is 0.969. The third-order valence-electron chi connectivity index (χ3n) is 3.19. The molecule has 0 unspecified atom stereocenters. The number of hydrogen-bond acceptors (Lipinski definition) is 4. The molecule has 0 saturated carbocycles. The van der Waals surface area contributed by atoms with E-state index in [1.54, 1.807) is 19.4 Å². The second-order valence-corrected chi connectivity index (χ2v) is 6.41. The molecule has 1 rings (SSSR count). The molecule has 1 aromatic heterocycles. The summed E-state index contributed by atoms with van der Waals surface area (Å²) in [5, 5.41) is 3.05. The van der Waals surface area contributed by atoms with Gasteiger partial charge in [0.25, 0.3) is 0 Å².